The number of hydrogen-bond acceptors (Lipinski definition) is 3. The minimum absolute atomic E-state index is 0.467. The second kappa shape index (κ2) is 6.10. The Labute approximate surface area is 118 Å². The molecule has 1 N–H and O–H groups in total. The monoisotopic (exact) mass is 271 g/mol. The van der Waals surface area contributed by atoms with E-state index in [0.717, 1.165) is 16.8 Å². The van der Waals surface area contributed by atoms with Crippen molar-refractivity contribution in [3.05, 3.63) is 53.6 Å². The molecule has 2 aromatic rings. The third-order valence-corrected chi connectivity index (χ3v) is 2.98. The Balaban J connectivity index is 2.05. The number of anilines is 1. The minimum atomic E-state index is -0.507. The molecule has 0 aliphatic carbocycles. The highest BCUT2D eigenvalue weighted by molar-refractivity contribution is 5.88. The van der Waals surface area contributed by atoms with Crippen LogP contribution < -0.4 is 14.8 Å². The zero-order valence-electron chi connectivity index (χ0n) is 11.8. The van der Waals surface area contributed by atoms with Crippen molar-refractivity contribution in [2.75, 3.05) is 12.4 Å². The van der Waals surface area contributed by atoms with Gasteiger partial charge in [-0.2, -0.15) is 0 Å². The Morgan fingerprint density at radius 1 is 0.950 bits per heavy atom. The number of para-hydroxylation sites is 1. The van der Waals surface area contributed by atoms with Crippen LogP contribution in [0.4, 0.5) is 10.5 Å². The third-order valence-electron chi connectivity index (χ3n) is 2.98. The molecule has 0 radical (unpaired) electrons. The number of carbonyl (C=O) groups excluding carboxylic acids is 1. The van der Waals surface area contributed by atoms with Crippen LogP contribution in [0.25, 0.3) is 0 Å². The van der Waals surface area contributed by atoms with Gasteiger partial charge in [-0.1, -0.05) is 18.2 Å². The first kappa shape index (κ1) is 13.9. The fraction of sp³-hybridized carbons (Fsp3) is 0.188. The van der Waals surface area contributed by atoms with Gasteiger partial charge in [0.2, 0.25) is 0 Å². The van der Waals surface area contributed by atoms with E-state index in [1.165, 1.54) is 0 Å². The van der Waals surface area contributed by atoms with Gasteiger partial charge in [0.05, 0.1) is 7.11 Å². The molecule has 0 saturated carbocycles. The second-order valence-corrected chi connectivity index (χ2v) is 4.46. The molecule has 0 spiro atoms. The predicted octanol–water partition coefficient (Wildman–Crippen LogP) is 3.92. The minimum Gasteiger partial charge on any atom is -0.497 e. The maximum Gasteiger partial charge on any atom is 0.417 e. The Kier molecular flexibility index (Phi) is 4.25. The molecule has 4 nitrogen and oxygen atoms in total. The molecule has 104 valence electrons. The average Bonchev–Trinajstić information content (AvgIpc) is 2.44. The fourth-order valence-electron chi connectivity index (χ4n) is 1.89. The van der Waals surface area contributed by atoms with Crippen molar-refractivity contribution in [2.45, 2.75) is 13.8 Å². The van der Waals surface area contributed by atoms with Gasteiger partial charge in [0.15, 0.2) is 0 Å². The van der Waals surface area contributed by atoms with Crippen LogP contribution in [0.2, 0.25) is 0 Å². The zero-order valence-corrected chi connectivity index (χ0v) is 11.8. The summed E-state index contributed by atoms with van der Waals surface area (Å²) in [7, 11) is 1.59. The average molecular weight is 271 g/mol. The summed E-state index contributed by atoms with van der Waals surface area (Å²) in [6.45, 7) is 3.88. The zero-order chi connectivity index (χ0) is 14.5. The van der Waals surface area contributed by atoms with E-state index in [4.69, 9.17) is 9.47 Å². The molecule has 0 saturated heterocycles. The van der Waals surface area contributed by atoms with Crippen LogP contribution in [0.15, 0.2) is 42.5 Å². The van der Waals surface area contributed by atoms with Crippen molar-refractivity contribution < 1.29 is 14.3 Å². The Morgan fingerprint density at radius 2 is 1.50 bits per heavy atom. The summed E-state index contributed by atoms with van der Waals surface area (Å²) in [4.78, 5) is 11.9. The van der Waals surface area contributed by atoms with Crippen LogP contribution in [0, 0.1) is 13.8 Å². The highest BCUT2D eigenvalue weighted by atomic mass is 16.6. The van der Waals surface area contributed by atoms with Crippen molar-refractivity contribution in [3.8, 4) is 11.5 Å². The van der Waals surface area contributed by atoms with Gasteiger partial charge in [0.25, 0.3) is 0 Å². The van der Waals surface area contributed by atoms with Gasteiger partial charge in [0.1, 0.15) is 11.5 Å². The highest BCUT2D eigenvalue weighted by Gasteiger charge is 2.09. The molecule has 0 unspecified atom stereocenters. The standard InChI is InChI=1S/C16H17NO3/c1-11-5-4-6-12(2)15(11)17-16(18)20-14-9-7-13(19-3)8-10-14/h4-10H,1-3H3,(H,17,18). The van der Waals surface area contributed by atoms with Crippen molar-refractivity contribution in [1.82, 2.24) is 0 Å². The lowest BCUT2D eigenvalue weighted by Crippen LogP contribution is -2.18. The molecule has 4 heteroatoms. The van der Waals surface area contributed by atoms with Crippen LogP contribution in [0.5, 0.6) is 11.5 Å². The van der Waals surface area contributed by atoms with Crippen molar-refractivity contribution in [3.63, 3.8) is 0 Å². The second-order valence-electron chi connectivity index (χ2n) is 4.46. The molecule has 0 atom stereocenters. The summed E-state index contributed by atoms with van der Waals surface area (Å²) in [6.07, 6.45) is -0.507. The normalized spacial score (nSPS) is 9.95. The number of rotatable bonds is 3. The van der Waals surface area contributed by atoms with E-state index in [9.17, 15) is 4.79 Å². The van der Waals surface area contributed by atoms with Crippen LogP contribution in [-0.4, -0.2) is 13.2 Å². The Hall–Kier alpha value is -2.49. The van der Waals surface area contributed by atoms with Crippen LogP contribution in [-0.2, 0) is 0 Å². The molecule has 0 heterocycles. The summed E-state index contributed by atoms with van der Waals surface area (Å²) in [5.74, 6) is 1.18. The van der Waals surface area contributed by atoms with E-state index < -0.39 is 6.09 Å². The van der Waals surface area contributed by atoms with E-state index >= 15 is 0 Å². The first-order valence-corrected chi connectivity index (χ1v) is 6.29. The molecular formula is C16H17NO3. The van der Waals surface area contributed by atoms with E-state index in [1.807, 2.05) is 32.0 Å². The van der Waals surface area contributed by atoms with E-state index in [1.54, 1.807) is 31.4 Å². The van der Waals surface area contributed by atoms with Gasteiger partial charge < -0.3 is 9.47 Å². The third kappa shape index (κ3) is 3.29. The van der Waals surface area contributed by atoms with Gasteiger partial charge in [-0.05, 0) is 49.2 Å². The molecule has 20 heavy (non-hydrogen) atoms. The maximum atomic E-state index is 11.9. The molecule has 0 bridgehead atoms. The molecule has 0 aliphatic rings. The first-order valence-electron chi connectivity index (χ1n) is 6.29. The summed E-state index contributed by atoms with van der Waals surface area (Å²) in [5, 5.41) is 2.76. The number of carbonyl (C=O) groups is 1. The van der Waals surface area contributed by atoms with Crippen LogP contribution in [0.1, 0.15) is 11.1 Å². The summed E-state index contributed by atoms with van der Waals surface area (Å²) >= 11 is 0. The Morgan fingerprint density at radius 3 is 2.05 bits per heavy atom. The maximum absolute atomic E-state index is 11.9. The molecule has 0 aliphatic heterocycles. The van der Waals surface area contributed by atoms with Crippen molar-refractivity contribution in [1.29, 1.82) is 0 Å². The summed E-state index contributed by atoms with van der Waals surface area (Å²) in [6, 6.07) is 12.7. The number of nitrogens with one attached hydrogen (secondary N) is 1. The SMILES string of the molecule is COc1ccc(OC(=O)Nc2c(C)cccc2C)cc1. The van der Waals surface area contributed by atoms with Crippen LogP contribution >= 0.6 is 0 Å². The van der Waals surface area contributed by atoms with Gasteiger partial charge >= 0.3 is 6.09 Å². The largest absolute Gasteiger partial charge is 0.497 e. The van der Waals surface area contributed by atoms with Crippen molar-refractivity contribution >= 4 is 11.8 Å². The van der Waals surface area contributed by atoms with E-state index in [2.05, 4.69) is 5.32 Å². The number of aryl methyl sites for hydroxylation is 2. The molecule has 2 rings (SSSR count). The number of benzene rings is 2. The smallest absolute Gasteiger partial charge is 0.417 e. The quantitative estimate of drug-likeness (QED) is 0.920. The fourth-order valence-corrected chi connectivity index (χ4v) is 1.89. The summed E-state index contributed by atoms with van der Waals surface area (Å²) in [5.41, 5.74) is 2.78. The predicted molar refractivity (Wildman–Crippen MR) is 78.6 cm³/mol. The molecule has 2 aromatic carbocycles. The molecule has 1 amide bonds. The Bertz CT molecular complexity index is 585. The van der Waals surface area contributed by atoms with Gasteiger partial charge in [0, 0.05) is 5.69 Å². The van der Waals surface area contributed by atoms with Gasteiger partial charge in [-0.15, -0.1) is 0 Å². The van der Waals surface area contributed by atoms with E-state index in [-0.39, 0.29) is 0 Å². The highest BCUT2D eigenvalue weighted by Crippen LogP contribution is 2.21. The molecule has 0 fully saturated rings. The number of ether oxygens (including phenoxy) is 2. The lowest BCUT2D eigenvalue weighted by molar-refractivity contribution is 0.215. The summed E-state index contributed by atoms with van der Waals surface area (Å²) < 4.78 is 10.3. The lowest BCUT2D eigenvalue weighted by atomic mass is 10.1. The van der Waals surface area contributed by atoms with Crippen LogP contribution in [0.3, 0.4) is 0 Å². The number of methoxy groups -OCH3 is 1. The van der Waals surface area contributed by atoms with Crippen molar-refractivity contribution in [2.24, 2.45) is 0 Å². The molecular weight excluding hydrogens is 254 g/mol. The van der Waals surface area contributed by atoms with Gasteiger partial charge in [-0.3, -0.25) is 5.32 Å². The number of amides is 1. The topological polar surface area (TPSA) is 47.6 Å². The van der Waals surface area contributed by atoms with Gasteiger partial charge in [-0.25, -0.2) is 4.79 Å². The number of hydrogen-bond donors (Lipinski definition) is 1. The first-order chi connectivity index (χ1) is 9.60. The lowest BCUT2D eigenvalue weighted by Gasteiger charge is -2.11. The van der Waals surface area contributed by atoms with E-state index in [0.29, 0.717) is 11.5 Å². The molecule has 0 aromatic heterocycles.